The van der Waals surface area contributed by atoms with Gasteiger partial charge in [0.15, 0.2) is 0 Å². The van der Waals surface area contributed by atoms with Crippen LogP contribution in [-0.4, -0.2) is 45.4 Å². The quantitative estimate of drug-likeness (QED) is 0.903. The molecule has 2 aliphatic heterocycles. The minimum atomic E-state index is 0.215. The zero-order valence-corrected chi connectivity index (χ0v) is 14.4. The van der Waals surface area contributed by atoms with Crippen LogP contribution in [-0.2, 0) is 4.79 Å². The molecule has 0 bridgehead atoms. The first kappa shape index (κ1) is 15.1. The maximum atomic E-state index is 11.7. The van der Waals surface area contributed by atoms with Crippen LogP contribution in [0.4, 0.5) is 5.69 Å². The lowest BCUT2D eigenvalue weighted by atomic mass is 9.73. The maximum Gasteiger partial charge on any atom is 0.220 e. The molecule has 3 fully saturated rings. The number of fused-ring (bicyclic) bond motifs is 1. The Hall–Kier alpha value is -2.18. The number of nitrogens with one attached hydrogen (secondary N) is 1. The van der Waals surface area contributed by atoms with Gasteiger partial charge in [-0.2, -0.15) is 9.61 Å². The SMILES string of the molecule is O=C1CCC2(CCN1)CCN(c1cc(C3CC3)nn3cnnc13)CC2. The molecule has 25 heavy (non-hydrogen) atoms. The van der Waals surface area contributed by atoms with Gasteiger partial charge in [0.2, 0.25) is 11.6 Å². The van der Waals surface area contributed by atoms with Crippen molar-refractivity contribution in [3.8, 4) is 0 Å². The van der Waals surface area contributed by atoms with Gasteiger partial charge in [0, 0.05) is 32.0 Å². The van der Waals surface area contributed by atoms with Crippen LogP contribution in [0.5, 0.6) is 0 Å². The topological polar surface area (TPSA) is 75.4 Å². The van der Waals surface area contributed by atoms with E-state index < -0.39 is 0 Å². The minimum absolute atomic E-state index is 0.215. The molecule has 0 aromatic carbocycles. The van der Waals surface area contributed by atoms with Crippen LogP contribution in [0.2, 0.25) is 0 Å². The van der Waals surface area contributed by atoms with Crippen LogP contribution in [0.3, 0.4) is 0 Å². The molecule has 0 radical (unpaired) electrons. The Morgan fingerprint density at radius 1 is 1.16 bits per heavy atom. The highest BCUT2D eigenvalue weighted by atomic mass is 16.1. The summed E-state index contributed by atoms with van der Waals surface area (Å²) >= 11 is 0. The van der Waals surface area contributed by atoms with Gasteiger partial charge in [0.25, 0.3) is 0 Å². The summed E-state index contributed by atoms with van der Waals surface area (Å²) in [6.07, 6.45) is 9.28. The second-order valence-electron chi connectivity index (χ2n) is 7.91. The Morgan fingerprint density at radius 3 is 2.80 bits per heavy atom. The molecule has 4 heterocycles. The summed E-state index contributed by atoms with van der Waals surface area (Å²) in [7, 11) is 0. The van der Waals surface area contributed by atoms with E-state index in [-0.39, 0.29) is 5.91 Å². The van der Waals surface area contributed by atoms with Crippen LogP contribution in [0, 0.1) is 5.41 Å². The van der Waals surface area contributed by atoms with Crippen LogP contribution >= 0.6 is 0 Å². The zero-order chi connectivity index (χ0) is 16.9. The Balaban J connectivity index is 1.39. The van der Waals surface area contributed by atoms with Crippen molar-refractivity contribution in [1.29, 1.82) is 0 Å². The van der Waals surface area contributed by atoms with E-state index in [1.165, 1.54) is 24.2 Å². The molecule has 1 N–H and O–H groups in total. The molecular weight excluding hydrogens is 316 g/mol. The third-order valence-corrected chi connectivity index (χ3v) is 6.29. The molecule has 3 aliphatic rings. The molecule has 7 heteroatoms. The van der Waals surface area contributed by atoms with Gasteiger partial charge >= 0.3 is 0 Å². The molecular formula is C18H24N6O. The predicted octanol–water partition coefficient (Wildman–Crippen LogP) is 1.89. The van der Waals surface area contributed by atoms with E-state index in [9.17, 15) is 4.79 Å². The molecule has 1 amide bonds. The maximum absolute atomic E-state index is 11.7. The molecule has 1 saturated carbocycles. The summed E-state index contributed by atoms with van der Waals surface area (Å²) in [6.45, 7) is 2.87. The second kappa shape index (κ2) is 5.68. The van der Waals surface area contributed by atoms with Crippen molar-refractivity contribution in [2.45, 2.75) is 50.9 Å². The van der Waals surface area contributed by atoms with E-state index in [1.807, 2.05) is 4.52 Å². The summed E-state index contributed by atoms with van der Waals surface area (Å²) in [5.41, 5.74) is 3.53. The third kappa shape index (κ3) is 2.75. The largest absolute Gasteiger partial charge is 0.368 e. The van der Waals surface area contributed by atoms with E-state index >= 15 is 0 Å². The summed E-state index contributed by atoms with van der Waals surface area (Å²) in [5.74, 6) is 0.827. The van der Waals surface area contributed by atoms with Crippen molar-refractivity contribution in [2.24, 2.45) is 5.41 Å². The lowest BCUT2D eigenvalue weighted by Crippen LogP contribution is -2.41. The van der Waals surface area contributed by atoms with E-state index in [2.05, 4.69) is 31.6 Å². The normalized spacial score (nSPS) is 23.7. The molecule has 2 aromatic rings. The standard InChI is InChI=1S/C18H24N6O/c25-16-3-4-18(5-8-19-16)6-9-23(10-7-18)15-11-14(13-1-2-13)22-24-12-20-21-17(15)24/h11-13H,1-10H2,(H,19,25). The minimum Gasteiger partial charge on any atom is -0.368 e. The number of nitrogens with zero attached hydrogens (tertiary/aromatic N) is 5. The highest BCUT2D eigenvalue weighted by Gasteiger charge is 2.37. The Morgan fingerprint density at radius 2 is 2.00 bits per heavy atom. The molecule has 1 aliphatic carbocycles. The van der Waals surface area contributed by atoms with Crippen molar-refractivity contribution < 1.29 is 4.79 Å². The van der Waals surface area contributed by atoms with Crippen molar-refractivity contribution in [2.75, 3.05) is 24.5 Å². The molecule has 7 nitrogen and oxygen atoms in total. The highest BCUT2D eigenvalue weighted by molar-refractivity contribution is 5.76. The Labute approximate surface area is 146 Å². The summed E-state index contributed by atoms with van der Waals surface area (Å²) in [6, 6.07) is 2.23. The smallest absolute Gasteiger partial charge is 0.220 e. The number of piperidine rings is 1. The number of aromatic nitrogens is 4. The third-order valence-electron chi connectivity index (χ3n) is 6.29. The average Bonchev–Trinajstić information content (AvgIpc) is 3.40. The number of carbonyl (C=O) groups is 1. The molecule has 2 saturated heterocycles. The van der Waals surface area contributed by atoms with E-state index in [4.69, 9.17) is 0 Å². The van der Waals surface area contributed by atoms with Gasteiger partial charge in [0.1, 0.15) is 6.33 Å². The fraction of sp³-hybridized carbons (Fsp3) is 0.667. The van der Waals surface area contributed by atoms with Crippen LogP contribution in [0.25, 0.3) is 5.65 Å². The first-order valence-corrected chi connectivity index (χ1v) is 9.45. The van der Waals surface area contributed by atoms with Crippen molar-refractivity contribution in [3.63, 3.8) is 0 Å². The van der Waals surface area contributed by atoms with Gasteiger partial charge in [-0.25, -0.2) is 0 Å². The number of anilines is 1. The number of hydrogen-bond donors (Lipinski definition) is 1. The van der Waals surface area contributed by atoms with Crippen LogP contribution in [0.1, 0.15) is 56.6 Å². The van der Waals surface area contributed by atoms with Crippen molar-refractivity contribution >= 4 is 17.2 Å². The average molecular weight is 340 g/mol. The lowest BCUT2D eigenvalue weighted by Gasteiger charge is -2.42. The predicted molar refractivity (Wildman–Crippen MR) is 93.5 cm³/mol. The molecule has 0 atom stereocenters. The van der Waals surface area contributed by atoms with Gasteiger partial charge in [-0.15, -0.1) is 10.2 Å². The Kier molecular flexibility index (Phi) is 3.43. The zero-order valence-electron chi connectivity index (χ0n) is 14.4. The van der Waals surface area contributed by atoms with Gasteiger partial charge in [-0.3, -0.25) is 4.79 Å². The molecule has 1 spiro atoms. The van der Waals surface area contributed by atoms with Crippen LogP contribution < -0.4 is 10.2 Å². The monoisotopic (exact) mass is 340 g/mol. The first-order valence-electron chi connectivity index (χ1n) is 9.45. The summed E-state index contributed by atoms with van der Waals surface area (Å²) in [5, 5.41) is 16.1. The van der Waals surface area contributed by atoms with E-state index in [1.54, 1.807) is 6.33 Å². The second-order valence-corrected chi connectivity index (χ2v) is 7.91. The van der Waals surface area contributed by atoms with E-state index in [0.29, 0.717) is 17.8 Å². The highest BCUT2D eigenvalue weighted by Crippen LogP contribution is 2.43. The van der Waals surface area contributed by atoms with Gasteiger partial charge < -0.3 is 10.2 Å². The van der Waals surface area contributed by atoms with Gasteiger partial charge in [-0.1, -0.05) is 0 Å². The van der Waals surface area contributed by atoms with Crippen LogP contribution in [0.15, 0.2) is 12.4 Å². The fourth-order valence-corrected chi connectivity index (χ4v) is 4.42. The summed E-state index contributed by atoms with van der Waals surface area (Å²) < 4.78 is 1.83. The fourth-order valence-electron chi connectivity index (χ4n) is 4.42. The number of rotatable bonds is 2. The van der Waals surface area contributed by atoms with Gasteiger partial charge in [0.05, 0.1) is 11.4 Å². The lowest BCUT2D eigenvalue weighted by molar-refractivity contribution is -0.120. The molecule has 5 rings (SSSR count). The van der Waals surface area contributed by atoms with Gasteiger partial charge in [-0.05, 0) is 50.0 Å². The van der Waals surface area contributed by atoms with E-state index in [0.717, 1.165) is 51.0 Å². The van der Waals surface area contributed by atoms with Crippen molar-refractivity contribution in [1.82, 2.24) is 25.1 Å². The first-order chi connectivity index (χ1) is 12.2. The molecule has 2 aromatic heterocycles. The number of amides is 1. The molecule has 132 valence electrons. The number of hydrogen-bond acceptors (Lipinski definition) is 5. The Bertz CT molecular complexity index is 803. The summed E-state index contributed by atoms with van der Waals surface area (Å²) in [4.78, 5) is 14.1. The molecule has 0 unspecified atom stereocenters. The van der Waals surface area contributed by atoms with Crippen molar-refractivity contribution in [3.05, 3.63) is 18.1 Å². The number of carbonyl (C=O) groups excluding carboxylic acids is 1.